The van der Waals surface area contributed by atoms with Crippen LogP contribution in [0.3, 0.4) is 0 Å². The number of likely N-dealkylation sites (N-methyl/N-ethyl adjacent to an activating group) is 1. The second kappa shape index (κ2) is 10.7. The van der Waals surface area contributed by atoms with Crippen LogP contribution in [0.2, 0.25) is 5.02 Å². The first kappa shape index (κ1) is 25.5. The summed E-state index contributed by atoms with van der Waals surface area (Å²) >= 11 is 6.16. The monoisotopic (exact) mass is 481 g/mol. The van der Waals surface area contributed by atoms with Gasteiger partial charge in [-0.1, -0.05) is 35.9 Å². The molecule has 2 amide bonds. The summed E-state index contributed by atoms with van der Waals surface area (Å²) in [6.07, 6.45) is 1.01. The first-order valence-corrected chi connectivity index (χ1v) is 12.1. The van der Waals surface area contributed by atoms with Crippen molar-refractivity contribution >= 4 is 39.1 Å². The Morgan fingerprint density at radius 2 is 1.84 bits per heavy atom. The van der Waals surface area contributed by atoms with E-state index in [-0.39, 0.29) is 23.2 Å². The van der Waals surface area contributed by atoms with Gasteiger partial charge in [-0.3, -0.25) is 13.9 Å². The third-order valence-corrected chi connectivity index (χ3v) is 6.55. The van der Waals surface area contributed by atoms with E-state index in [1.807, 2.05) is 31.2 Å². The van der Waals surface area contributed by atoms with Gasteiger partial charge in [-0.25, -0.2) is 8.42 Å². The van der Waals surface area contributed by atoms with Crippen LogP contribution in [-0.4, -0.2) is 58.1 Å². The number of ether oxygens (including phenoxy) is 1. The largest absolute Gasteiger partial charge is 0.495 e. The van der Waals surface area contributed by atoms with Gasteiger partial charge in [0.2, 0.25) is 21.8 Å². The molecule has 1 N–H and O–H groups in total. The zero-order valence-electron chi connectivity index (χ0n) is 18.8. The maximum atomic E-state index is 13.3. The van der Waals surface area contributed by atoms with Gasteiger partial charge in [0.05, 0.1) is 24.1 Å². The molecule has 2 aromatic carbocycles. The van der Waals surface area contributed by atoms with Crippen molar-refractivity contribution in [2.75, 3.05) is 31.3 Å². The number of carbonyl (C=O) groups excluding carboxylic acids is 2. The minimum absolute atomic E-state index is 0.154. The number of hydrogen-bond donors (Lipinski definition) is 1. The summed E-state index contributed by atoms with van der Waals surface area (Å²) < 4.78 is 31.1. The lowest BCUT2D eigenvalue weighted by Crippen LogP contribution is -2.50. The van der Waals surface area contributed by atoms with Crippen molar-refractivity contribution in [2.45, 2.75) is 26.4 Å². The number of amides is 2. The third kappa shape index (κ3) is 6.14. The van der Waals surface area contributed by atoms with Gasteiger partial charge in [0.1, 0.15) is 18.3 Å². The molecule has 174 valence electrons. The van der Waals surface area contributed by atoms with Gasteiger partial charge >= 0.3 is 0 Å². The number of nitrogens with one attached hydrogen (secondary N) is 1. The summed E-state index contributed by atoms with van der Waals surface area (Å²) in [5.41, 5.74) is 2.03. The fourth-order valence-corrected chi connectivity index (χ4v) is 4.28. The molecule has 32 heavy (non-hydrogen) atoms. The number of hydrogen-bond acceptors (Lipinski definition) is 5. The van der Waals surface area contributed by atoms with E-state index in [9.17, 15) is 18.0 Å². The van der Waals surface area contributed by atoms with Crippen LogP contribution >= 0.6 is 11.6 Å². The molecule has 0 aliphatic rings. The average Bonchev–Trinajstić information content (AvgIpc) is 2.74. The fourth-order valence-electron chi connectivity index (χ4n) is 3.19. The number of aryl methyl sites for hydroxylation is 1. The molecule has 8 nitrogen and oxygen atoms in total. The van der Waals surface area contributed by atoms with E-state index in [0.29, 0.717) is 5.75 Å². The SMILES string of the molecule is CNC(=O)[C@@H](C)N(Cc1ccccc1C)C(=O)CN(c1ccc(OC)c(Cl)c1)S(C)(=O)=O. The van der Waals surface area contributed by atoms with Crippen molar-refractivity contribution in [3.63, 3.8) is 0 Å². The second-order valence-corrected chi connectivity index (χ2v) is 9.64. The highest BCUT2D eigenvalue weighted by Crippen LogP contribution is 2.30. The summed E-state index contributed by atoms with van der Waals surface area (Å²) in [7, 11) is -0.899. The molecule has 0 aliphatic heterocycles. The maximum Gasteiger partial charge on any atom is 0.244 e. The van der Waals surface area contributed by atoms with Crippen LogP contribution < -0.4 is 14.4 Å². The summed E-state index contributed by atoms with van der Waals surface area (Å²) in [4.78, 5) is 27.0. The molecule has 0 bridgehead atoms. The molecule has 1 atom stereocenters. The molecule has 10 heteroatoms. The molecular formula is C22H28ClN3O5S. The highest BCUT2D eigenvalue weighted by molar-refractivity contribution is 7.92. The van der Waals surface area contributed by atoms with Crippen LogP contribution in [0.5, 0.6) is 5.75 Å². The Kier molecular flexibility index (Phi) is 8.51. The fraction of sp³-hybridized carbons (Fsp3) is 0.364. The quantitative estimate of drug-likeness (QED) is 0.594. The predicted octanol–water partition coefficient (Wildman–Crippen LogP) is 2.59. The van der Waals surface area contributed by atoms with Crippen LogP contribution in [0, 0.1) is 6.92 Å². The highest BCUT2D eigenvalue weighted by Gasteiger charge is 2.30. The van der Waals surface area contributed by atoms with Gasteiger partial charge in [-0.05, 0) is 43.2 Å². The first-order valence-electron chi connectivity index (χ1n) is 9.86. The molecular weight excluding hydrogens is 454 g/mol. The van der Waals surface area contributed by atoms with Crippen molar-refractivity contribution in [1.82, 2.24) is 10.2 Å². The molecule has 0 fully saturated rings. The molecule has 0 saturated heterocycles. The van der Waals surface area contributed by atoms with Crippen LogP contribution in [-0.2, 0) is 26.2 Å². The van der Waals surface area contributed by atoms with Gasteiger partial charge < -0.3 is 15.0 Å². The zero-order chi connectivity index (χ0) is 24.1. The Morgan fingerprint density at radius 3 is 2.38 bits per heavy atom. The van der Waals surface area contributed by atoms with Crippen LogP contribution in [0.4, 0.5) is 5.69 Å². The highest BCUT2D eigenvalue weighted by atomic mass is 35.5. The standard InChI is InChI=1S/C22H28ClN3O5S/c1-15-8-6-7-9-17(15)13-25(16(2)22(28)24-3)21(27)14-26(32(5,29)30)18-10-11-20(31-4)19(23)12-18/h6-12,16H,13-14H2,1-5H3,(H,24,28)/t16-/m1/s1. The lowest BCUT2D eigenvalue weighted by molar-refractivity contribution is -0.139. The smallest absolute Gasteiger partial charge is 0.244 e. The van der Waals surface area contributed by atoms with E-state index < -0.39 is 28.5 Å². The predicted molar refractivity (Wildman–Crippen MR) is 125 cm³/mol. The van der Waals surface area contributed by atoms with Crippen molar-refractivity contribution in [2.24, 2.45) is 0 Å². The zero-order valence-corrected chi connectivity index (χ0v) is 20.3. The van der Waals surface area contributed by atoms with Crippen molar-refractivity contribution in [3.05, 3.63) is 58.6 Å². The Labute approximate surface area is 194 Å². The van der Waals surface area contributed by atoms with Gasteiger partial charge in [-0.2, -0.15) is 0 Å². The molecule has 2 rings (SSSR count). The van der Waals surface area contributed by atoms with Crippen molar-refractivity contribution in [1.29, 1.82) is 0 Å². The van der Waals surface area contributed by atoms with Gasteiger partial charge in [0, 0.05) is 13.6 Å². The summed E-state index contributed by atoms with van der Waals surface area (Å²) in [5.74, 6) is -0.503. The van der Waals surface area contributed by atoms with Crippen molar-refractivity contribution < 1.29 is 22.7 Å². The van der Waals surface area contributed by atoms with Gasteiger partial charge in [0.25, 0.3) is 0 Å². The van der Waals surface area contributed by atoms with E-state index >= 15 is 0 Å². The van der Waals surface area contributed by atoms with E-state index in [2.05, 4.69) is 5.32 Å². The Bertz CT molecular complexity index is 1090. The molecule has 0 heterocycles. The maximum absolute atomic E-state index is 13.3. The number of benzene rings is 2. The Hall–Kier alpha value is -2.78. The number of anilines is 1. The summed E-state index contributed by atoms with van der Waals surface area (Å²) in [6, 6.07) is 11.1. The lowest BCUT2D eigenvalue weighted by atomic mass is 10.1. The van der Waals surface area contributed by atoms with Gasteiger partial charge in [0.15, 0.2) is 0 Å². The molecule has 0 spiro atoms. The summed E-state index contributed by atoms with van der Waals surface area (Å²) in [5, 5.41) is 2.75. The lowest BCUT2D eigenvalue weighted by Gasteiger charge is -2.31. The molecule has 0 unspecified atom stereocenters. The van der Waals surface area contributed by atoms with E-state index in [4.69, 9.17) is 16.3 Å². The molecule has 0 saturated carbocycles. The number of methoxy groups -OCH3 is 1. The molecule has 0 radical (unpaired) electrons. The number of rotatable bonds is 9. The van der Waals surface area contributed by atoms with E-state index in [0.717, 1.165) is 21.7 Å². The Morgan fingerprint density at radius 1 is 1.19 bits per heavy atom. The number of halogens is 1. The third-order valence-electron chi connectivity index (χ3n) is 5.12. The summed E-state index contributed by atoms with van der Waals surface area (Å²) in [6.45, 7) is 3.17. The topological polar surface area (TPSA) is 96.0 Å². The van der Waals surface area contributed by atoms with E-state index in [1.165, 1.54) is 37.3 Å². The second-order valence-electron chi connectivity index (χ2n) is 7.33. The van der Waals surface area contributed by atoms with Crippen LogP contribution in [0.25, 0.3) is 0 Å². The molecule has 0 aromatic heterocycles. The van der Waals surface area contributed by atoms with Crippen LogP contribution in [0.1, 0.15) is 18.1 Å². The number of nitrogens with zero attached hydrogens (tertiary/aromatic N) is 2. The van der Waals surface area contributed by atoms with Crippen molar-refractivity contribution in [3.8, 4) is 5.75 Å². The molecule has 0 aliphatic carbocycles. The minimum atomic E-state index is -3.83. The van der Waals surface area contributed by atoms with E-state index in [1.54, 1.807) is 6.92 Å². The first-order chi connectivity index (χ1) is 15.0. The van der Waals surface area contributed by atoms with Gasteiger partial charge in [-0.15, -0.1) is 0 Å². The number of sulfonamides is 1. The van der Waals surface area contributed by atoms with Crippen LogP contribution in [0.15, 0.2) is 42.5 Å². The molecule has 2 aromatic rings. The average molecular weight is 482 g/mol. The number of carbonyl (C=O) groups is 2. The Balaban J connectivity index is 2.42. The normalized spacial score (nSPS) is 12.1. The minimum Gasteiger partial charge on any atom is -0.495 e.